The number of hydrogen-bond acceptors (Lipinski definition) is 5. The number of nitrogens with zero attached hydrogens (tertiary/aromatic N) is 1. The topological polar surface area (TPSA) is 73.6 Å². The van der Waals surface area contributed by atoms with Gasteiger partial charge in [-0.1, -0.05) is 28.4 Å². The van der Waals surface area contributed by atoms with E-state index in [2.05, 4.69) is 10.5 Å². The normalized spacial score (nSPS) is 11.5. The molecule has 9 heteroatoms. The Morgan fingerprint density at radius 2 is 1.96 bits per heavy atom. The van der Waals surface area contributed by atoms with Gasteiger partial charge >= 0.3 is 6.09 Å². The maximum Gasteiger partial charge on any atom is 0.413 e. The maximum atomic E-state index is 13.2. The minimum Gasteiger partial charge on any atom is -0.489 e. The van der Waals surface area contributed by atoms with Crippen molar-refractivity contribution in [2.75, 3.05) is 5.32 Å². The van der Waals surface area contributed by atoms with E-state index in [1.54, 1.807) is 32.9 Å². The number of hydrogen-bond donors (Lipinski definition) is 1. The molecule has 148 valence electrons. The summed E-state index contributed by atoms with van der Waals surface area (Å²) in [6.07, 6.45) is -0.653. The Labute approximate surface area is 170 Å². The fourth-order valence-electron chi connectivity index (χ4n) is 2.33. The summed E-state index contributed by atoms with van der Waals surface area (Å²) in [6, 6.07) is 7.31. The van der Waals surface area contributed by atoms with E-state index in [-0.39, 0.29) is 17.4 Å². The van der Waals surface area contributed by atoms with Gasteiger partial charge in [0.05, 0.1) is 10.4 Å². The van der Waals surface area contributed by atoms with Crippen LogP contribution in [0.1, 0.15) is 26.3 Å². The van der Waals surface area contributed by atoms with Crippen molar-refractivity contribution in [3.05, 3.63) is 51.8 Å². The van der Waals surface area contributed by atoms with Crippen LogP contribution in [-0.4, -0.2) is 16.9 Å². The quantitative estimate of drug-likeness (QED) is 0.537. The molecule has 0 aliphatic rings. The van der Waals surface area contributed by atoms with Crippen LogP contribution in [-0.2, 0) is 11.3 Å². The number of anilines is 1. The highest BCUT2D eigenvalue weighted by Crippen LogP contribution is 2.30. The average Bonchev–Trinajstić information content (AvgIpc) is 2.95. The Balaban J connectivity index is 1.76. The number of carbonyl (C=O) groups excluding carboxylic acids is 1. The summed E-state index contributed by atoms with van der Waals surface area (Å²) in [4.78, 5) is 11.9. The van der Waals surface area contributed by atoms with Crippen molar-refractivity contribution in [2.24, 2.45) is 0 Å². The number of carbonyl (C=O) groups is 1. The molecule has 2 aromatic carbocycles. The number of rotatable bonds is 4. The van der Waals surface area contributed by atoms with Crippen LogP contribution in [0.2, 0.25) is 10.0 Å². The van der Waals surface area contributed by atoms with Crippen molar-refractivity contribution in [2.45, 2.75) is 33.0 Å². The lowest BCUT2D eigenvalue weighted by Crippen LogP contribution is -2.27. The van der Waals surface area contributed by atoms with Crippen LogP contribution < -0.4 is 10.1 Å². The van der Waals surface area contributed by atoms with E-state index in [1.807, 2.05) is 0 Å². The molecule has 0 spiro atoms. The van der Waals surface area contributed by atoms with Crippen molar-refractivity contribution >= 4 is 46.1 Å². The van der Waals surface area contributed by atoms with Crippen molar-refractivity contribution in [3.8, 4) is 5.75 Å². The van der Waals surface area contributed by atoms with Gasteiger partial charge in [0, 0.05) is 16.7 Å². The van der Waals surface area contributed by atoms with E-state index in [4.69, 9.17) is 37.2 Å². The fraction of sp³-hybridized carbons (Fsp3) is 0.263. The molecule has 0 fully saturated rings. The third kappa shape index (κ3) is 4.85. The summed E-state index contributed by atoms with van der Waals surface area (Å²) in [6.45, 7) is 5.37. The molecule has 0 bridgehead atoms. The number of halogens is 3. The highest BCUT2D eigenvalue weighted by molar-refractivity contribution is 6.32. The van der Waals surface area contributed by atoms with E-state index in [0.717, 1.165) is 0 Å². The van der Waals surface area contributed by atoms with Crippen LogP contribution in [0, 0.1) is 5.82 Å². The van der Waals surface area contributed by atoms with Gasteiger partial charge in [-0.25, -0.2) is 9.18 Å². The van der Waals surface area contributed by atoms with Crippen molar-refractivity contribution in [1.29, 1.82) is 0 Å². The SMILES string of the molecule is CC(C)(C)OC(=O)Nc1noc2cc(COc3ccc(F)c(Cl)c3)c(Cl)cc12. The van der Waals surface area contributed by atoms with E-state index in [1.165, 1.54) is 18.2 Å². The van der Waals surface area contributed by atoms with Gasteiger partial charge in [-0.3, -0.25) is 5.32 Å². The first kappa shape index (κ1) is 20.2. The molecule has 1 amide bonds. The molecule has 0 saturated carbocycles. The molecule has 28 heavy (non-hydrogen) atoms. The molecule has 1 aromatic heterocycles. The monoisotopic (exact) mass is 426 g/mol. The third-order valence-corrected chi connectivity index (χ3v) is 4.19. The predicted molar refractivity (Wildman–Crippen MR) is 105 cm³/mol. The van der Waals surface area contributed by atoms with Crippen LogP contribution in [0.5, 0.6) is 5.75 Å². The molecule has 1 N–H and O–H groups in total. The first-order valence-electron chi connectivity index (χ1n) is 8.28. The summed E-state index contributed by atoms with van der Waals surface area (Å²) >= 11 is 12.1. The molecule has 0 aliphatic heterocycles. The van der Waals surface area contributed by atoms with Gasteiger partial charge in [-0.15, -0.1) is 0 Å². The number of nitrogens with one attached hydrogen (secondary N) is 1. The number of fused-ring (bicyclic) bond motifs is 1. The molecule has 0 aliphatic carbocycles. The molecule has 0 saturated heterocycles. The second-order valence-electron chi connectivity index (χ2n) is 6.96. The largest absolute Gasteiger partial charge is 0.489 e. The van der Waals surface area contributed by atoms with Gasteiger partial charge in [0.25, 0.3) is 0 Å². The maximum absolute atomic E-state index is 13.2. The smallest absolute Gasteiger partial charge is 0.413 e. The van der Waals surface area contributed by atoms with Gasteiger partial charge < -0.3 is 14.0 Å². The predicted octanol–water partition coefficient (Wildman–Crippen LogP) is 6.20. The summed E-state index contributed by atoms with van der Waals surface area (Å²) in [5.41, 5.74) is 0.385. The van der Waals surface area contributed by atoms with Gasteiger partial charge in [-0.2, -0.15) is 0 Å². The van der Waals surface area contributed by atoms with Crippen LogP contribution in [0.25, 0.3) is 11.0 Å². The Hall–Kier alpha value is -2.51. The van der Waals surface area contributed by atoms with E-state index in [9.17, 15) is 9.18 Å². The molecular formula is C19H17Cl2FN2O4. The zero-order valence-corrected chi connectivity index (χ0v) is 16.8. The van der Waals surface area contributed by atoms with Gasteiger partial charge in [-0.05, 0) is 45.0 Å². The summed E-state index contributed by atoms with van der Waals surface area (Å²) < 4.78 is 29.3. The molecule has 3 aromatic rings. The lowest BCUT2D eigenvalue weighted by molar-refractivity contribution is 0.0635. The fourth-order valence-corrected chi connectivity index (χ4v) is 2.72. The van der Waals surface area contributed by atoms with Gasteiger partial charge in [0.1, 0.15) is 23.8 Å². The summed E-state index contributed by atoms with van der Waals surface area (Å²) in [7, 11) is 0. The lowest BCUT2D eigenvalue weighted by atomic mass is 10.1. The van der Waals surface area contributed by atoms with E-state index < -0.39 is 17.5 Å². The molecule has 0 radical (unpaired) electrons. The summed E-state index contributed by atoms with van der Waals surface area (Å²) in [5, 5.41) is 7.24. The number of amides is 1. The lowest BCUT2D eigenvalue weighted by Gasteiger charge is -2.19. The van der Waals surface area contributed by atoms with E-state index in [0.29, 0.717) is 27.3 Å². The average molecular weight is 427 g/mol. The number of ether oxygens (including phenoxy) is 2. The minimum atomic E-state index is -0.653. The number of benzene rings is 2. The molecule has 3 rings (SSSR count). The second kappa shape index (κ2) is 7.85. The molecule has 1 heterocycles. The molecule has 0 unspecified atom stereocenters. The van der Waals surface area contributed by atoms with Crippen molar-refractivity contribution < 1.29 is 23.2 Å². The summed E-state index contributed by atoms with van der Waals surface area (Å²) in [5.74, 6) is 0.0662. The van der Waals surface area contributed by atoms with Gasteiger partial charge in [0.15, 0.2) is 11.4 Å². The second-order valence-corrected chi connectivity index (χ2v) is 7.78. The minimum absolute atomic E-state index is 0.0351. The Morgan fingerprint density at radius 3 is 2.64 bits per heavy atom. The van der Waals surface area contributed by atoms with Crippen LogP contribution >= 0.6 is 23.2 Å². The highest BCUT2D eigenvalue weighted by Gasteiger charge is 2.19. The molecular weight excluding hydrogens is 410 g/mol. The first-order valence-corrected chi connectivity index (χ1v) is 9.03. The van der Waals surface area contributed by atoms with Gasteiger partial charge in [0.2, 0.25) is 0 Å². The van der Waals surface area contributed by atoms with Crippen molar-refractivity contribution in [1.82, 2.24) is 5.16 Å². The van der Waals surface area contributed by atoms with Crippen LogP contribution in [0.4, 0.5) is 15.0 Å². The third-order valence-electron chi connectivity index (χ3n) is 3.54. The number of aromatic nitrogens is 1. The van der Waals surface area contributed by atoms with Crippen LogP contribution in [0.15, 0.2) is 34.9 Å². The van der Waals surface area contributed by atoms with Crippen molar-refractivity contribution in [3.63, 3.8) is 0 Å². The zero-order chi connectivity index (χ0) is 20.5. The van der Waals surface area contributed by atoms with Crippen LogP contribution in [0.3, 0.4) is 0 Å². The first-order chi connectivity index (χ1) is 13.1. The standard InChI is InChI=1S/C19H17Cl2FN2O4/c1-19(2,3)27-18(25)23-17-12-8-13(20)10(6-16(12)28-24-17)9-26-11-4-5-15(22)14(21)7-11/h4-8H,9H2,1-3H3,(H,23,24,25). The molecule has 6 nitrogen and oxygen atoms in total. The van der Waals surface area contributed by atoms with E-state index >= 15 is 0 Å². The molecule has 0 atom stereocenters. The zero-order valence-electron chi connectivity index (χ0n) is 15.3. The Bertz CT molecular complexity index is 1030. The highest BCUT2D eigenvalue weighted by atomic mass is 35.5. The Morgan fingerprint density at radius 1 is 1.21 bits per heavy atom. The Kier molecular flexibility index (Phi) is 5.67.